The second-order valence-corrected chi connectivity index (χ2v) is 8.32. The van der Waals surface area contributed by atoms with E-state index in [9.17, 15) is 10.2 Å². The Hall–Kier alpha value is -2.42. The minimum Gasteiger partial charge on any atom is -0.463 e. The number of furan rings is 1. The highest BCUT2D eigenvalue weighted by atomic mass is 32.2. The Morgan fingerprint density at radius 3 is 2.53 bits per heavy atom. The van der Waals surface area contributed by atoms with Crippen molar-refractivity contribution in [3.05, 3.63) is 40.8 Å². The van der Waals surface area contributed by atoms with Crippen LogP contribution in [0.25, 0.3) is 22.7 Å². The fourth-order valence-corrected chi connectivity index (χ4v) is 5.01. The monoisotopic (exact) mass is 424 g/mol. The van der Waals surface area contributed by atoms with E-state index in [0.717, 1.165) is 59.0 Å². The fourth-order valence-electron chi connectivity index (χ4n) is 4.65. The van der Waals surface area contributed by atoms with Crippen molar-refractivity contribution < 1.29 is 14.6 Å². The third-order valence-electron chi connectivity index (χ3n) is 5.86. The maximum atomic E-state index is 9.55. The van der Waals surface area contributed by atoms with E-state index in [-0.39, 0.29) is 13.2 Å². The second kappa shape index (κ2) is 8.02. The number of hydrogen-bond donors (Lipinski definition) is 2. The average Bonchev–Trinajstić information content (AvgIpc) is 3.50. The molecule has 0 spiro atoms. The molecule has 0 atom stereocenters. The van der Waals surface area contributed by atoms with Crippen LogP contribution in [-0.2, 0) is 19.3 Å². The quantitative estimate of drug-likeness (QED) is 0.345. The number of nitrogens with zero attached hydrogens (tertiary/aromatic N) is 4. The van der Waals surface area contributed by atoms with Gasteiger partial charge in [-0.25, -0.2) is 15.0 Å². The van der Waals surface area contributed by atoms with Crippen molar-refractivity contribution >= 4 is 17.6 Å². The number of hydrogen-bond acceptors (Lipinski definition) is 8. The number of aliphatic hydroxyl groups is 2. The molecule has 0 saturated heterocycles. The first-order valence-electron chi connectivity index (χ1n) is 10.3. The molecule has 3 aromatic rings. The Bertz CT molecular complexity index is 1080. The summed E-state index contributed by atoms with van der Waals surface area (Å²) in [4.78, 5) is 16.6. The van der Waals surface area contributed by atoms with Crippen LogP contribution in [0.5, 0.6) is 0 Å². The van der Waals surface area contributed by atoms with Gasteiger partial charge in [0.05, 0.1) is 30.9 Å². The largest absolute Gasteiger partial charge is 0.463 e. The number of thioether (sulfide) groups is 1. The number of aromatic nitrogens is 3. The lowest BCUT2D eigenvalue weighted by Crippen LogP contribution is -2.31. The van der Waals surface area contributed by atoms with E-state index < -0.39 is 0 Å². The van der Waals surface area contributed by atoms with E-state index in [2.05, 4.69) is 0 Å². The maximum absolute atomic E-state index is 9.55. The van der Waals surface area contributed by atoms with Gasteiger partial charge in [0, 0.05) is 30.6 Å². The highest BCUT2D eigenvalue weighted by Gasteiger charge is 2.34. The Labute approximate surface area is 179 Å². The molecule has 8 heteroatoms. The Kier molecular flexibility index (Phi) is 5.22. The van der Waals surface area contributed by atoms with Crippen LogP contribution in [-0.4, -0.2) is 57.7 Å². The SMILES string of the molecule is CSc1nc2c(c(N(CCO)CCO)n1)Cc1nc(-c3ccco3)c3c(c1-2)CCC3. The van der Waals surface area contributed by atoms with E-state index in [1.54, 1.807) is 6.26 Å². The van der Waals surface area contributed by atoms with Gasteiger partial charge in [0.2, 0.25) is 0 Å². The molecule has 0 aliphatic heterocycles. The van der Waals surface area contributed by atoms with Crippen molar-refractivity contribution in [1.29, 1.82) is 0 Å². The van der Waals surface area contributed by atoms with Gasteiger partial charge in [0.15, 0.2) is 10.9 Å². The molecular weight excluding hydrogens is 400 g/mol. The van der Waals surface area contributed by atoms with Crippen LogP contribution in [0.4, 0.5) is 5.82 Å². The molecule has 0 amide bonds. The summed E-state index contributed by atoms with van der Waals surface area (Å²) in [5.74, 6) is 1.60. The molecule has 0 fully saturated rings. The molecular formula is C22H24N4O3S. The number of pyridine rings is 1. The summed E-state index contributed by atoms with van der Waals surface area (Å²) >= 11 is 1.50. The van der Waals surface area contributed by atoms with Crippen molar-refractivity contribution in [3.63, 3.8) is 0 Å². The average molecular weight is 425 g/mol. The smallest absolute Gasteiger partial charge is 0.189 e. The summed E-state index contributed by atoms with van der Waals surface area (Å²) in [6, 6.07) is 3.87. The van der Waals surface area contributed by atoms with Gasteiger partial charge in [-0.05, 0) is 48.8 Å². The zero-order chi connectivity index (χ0) is 20.7. The van der Waals surface area contributed by atoms with Crippen molar-refractivity contribution in [1.82, 2.24) is 15.0 Å². The van der Waals surface area contributed by atoms with Gasteiger partial charge in [-0.3, -0.25) is 0 Å². The maximum Gasteiger partial charge on any atom is 0.189 e. The van der Waals surface area contributed by atoms with Crippen LogP contribution >= 0.6 is 11.8 Å². The van der Waals surface area contributed by atoms with E-state index in [0.29, 0.717) is 24.7 Å². The van der Waals surface area contributed by atoms with Crippen LogP contribution in [0.2, 0.25) is 0 Å². The standard InChI is InChI=1S/C22H24N4O3S/c1-30-22-24-20-15(21(25-22)26(7-9-27)8-10-28)12-16-18(20)13-4-2-5-14(13)19(23-16)17-6-3-11-29-17/h3,6,11,27-28H,2,4-5,7-10,12H2,1H3. The fraction of sp³-hybridized carbons (Fsp3) is 0.409. The lowest BCUT2D eigenvalue weighted by molar-refractivity contribution is 0.280. The summed E-state index contributed by atoms with van der Waals surface area (Å²) in [6.07, 6.45) is 7.41. The summed E-state index contributed by atoms with van der Waals surface area (Å²) in [5, 5.41) is 19.8. The third-order valence-corrected chi connectivity index (χ3v) is 6.41. The highest BCUT2D eigenvalue weighted by Crippen LogP contribution is 2.46. The number of rotatable bonds is 7. The van der Waals surface area contributed by atoms with E-state index >= 15 is 0 Å². The molecule has 0 saturated carbocycles. The van der Waals surface area contributed by atoms with E-state index in [1.165, 1.54) is 22.9 Å². The topological polar surface area (TPSA) is 95.5 Å². The van der Waals surface area contributed by atoms with E-state index in [4.69, 9.17) is 19.4 Å². The van der Waals surface area contributed by atoms with Crippen molar-refractivity contribution in [2.75, 3.05) is 37.5 Å². The van der Waals surface area contributed by atoms with Crippen LogP contribution in [0.3, 0.4) is 0 Å². The van der Waals surface area contributed by atoms with Gasteiger partial charge in [-0.2, -0.15) is 0 Å². The summed E-state index contributed by atoms with van der Waals surface area (Å²) in [5.41, 5.74) is 7.70. The second-order valence-electron chi connectivity index (χ2n) is 7.54. The first kappa shape index (κ1) is 19.5. The molecule has 3 heterocycles. The van der Waals surface area contributed by atoms with Gasteiger partial charge >= 0.3 is 0 Å². The molecule has 7 nitrogen and oxygen atoms in total. The van der Waals surface area contributed by atoms with Crippen molar-refractivity contribution in [3.8, 4) is 22.7 Å². The van der Waals surface area contributed by atoms with Crippen LogP contribution in [0.1, 0.15) is 28.8 Å². The Morgan fingerprint density at radius 2 is 1.83 bits per heavy atom. The van der Waals surface area contributed by atoms with Gasteiger partial charge in [-0.15, -0.1) is 0 Å². The van der Waals surface area contributed by atoms with Gasteiger partial charge in [-0.1, -0.05) is 11.8 Å². The Balaban J connectivity index is 1.70. The molecule has 2 aliphatic carbocycles. The highest BCUT2D eigenvalue weighted by molar-refractivity contribution is 7.98. The van der Waals surface area contributed by atoms with Crippen LogP contribution < -0.4 is 4.90 Å². The summed E-state index contributed by atoms with van der Waals surface area (Å²) in [6.45, 7) is 0.821. The summed E-state index contributed by atoms with van der Waals surface area (Å²) < 4.78 is 5.69. The molecule has 0 radical (unpaired) electrons. The lowest BCUT2D eigenvalue weighted by atomic mass is 10.00. The zero-order valence-electron chi connectivity index (χ0n) is 16.9. The van der Waals surface area contributed by atoms with Crippen LogP contribution in [0.15, 0.2) is 28.0 Å². The van der Waals surface area contributed by atoms with Crippen LogP contribution in [0, 0.1) is 0 Å². The van der Waals surface area contributed by atoms with Crippen molar-refractivity contribution in [2.24, 2.45) is 0 Å². The Morgan fingerprint density at radius 1 is 1.03 bits per heavy atom. The molecule has 2 N–H and O–H groups in total. The predicted molar refractivity (Wildman–Crippen MR) is 116 cm³/mol. The van der Waals surface area contributed by atoms with Crippen molar-refractivity contribution in [2.45, 2.75) is 30.8 Å². The van der Waals surface area contributed by atoms with Gasteiger partial charge in [0.25, 0.3) is 0 Å². The zero-order valence-corrected chi connectivity index (χ0v) is 17.7. The minimum atomic E-state index is -0.00336. The molecule has 156 valence electrons. The van der Waals surface area contributed by atoms with E-state index in [1.807, 2.05) is 23.3 Å². The molecule has 0 bridgehead atoms. The molecule has 0 aromatic carbocycles. The number of anilines is 1. The molecule has 3 aromatic heterocycles. The number of fused-ring (bicyclic) bond motifs is 5. The first-order valence-corrected chi connectivity index (χ1v) is 11.5. The minimum absolute atomic E-state index is 0.00336. The van der Waals surface area contributed by atoms with Gasteiger partial charge in [0.1, 0.15) is 11.5 Å². The predicted octanol–water partition coefficient (Wildman–Crippen LogP) is 2.70. The molecule has 0 unspecified atom stereocenters. The normalized spacial score (nSPS) is 14.0. The third kappa shape index (κ3) is 3.10. The molecule has 5 rings (SSSR count). The van der Waals surface area contributed by atoms with Gasteiger partial charge < -0.3 is 19.5 Å². The number of aliphatic hydroxyl groups excluding tert-OH is 2. The lowest BCUT2D eigenvalue weighted by Gasteiger charge is -2.24. The molecule has 2 aliphatic rings. The summed E-state index contributed by atoms with van der Waals surface area (Å²) in [7, 11) is 0. The first-order chi connectivity index (χ1) is 14.7. The molecule has 30 heavy (non-hydrogen) atoms.